The van der Waals surface area contributed by atoms with Crippen LogP contribution in [-0.4, -0.2) is 28.3 Å². The van der Waals surface area contributed by atoms with Gasteiger partial charge in [0.25, 0.3) is 0 Å². The minimum Gasteiger partial charge on any atom is -0.361 e. The van der Waals surface area contributed by atoms with Crippen LogP contribution in [0.5, 0.6) is 0 Å². The summed E-state index contributed by atoms with van der Waals surface area (Å²) in [5.74, 6) is -0.0493. The lowest BCUT2D eigenvalue weighted by Crippen LogP contribution is -2.25. The number of aromatic amines is 1. The molecule has 0 fully saturated rings. The zero-order chi connectivity index (χ0) is 20.7. The first-order valence-corrected chi connectivity index (χ1v) is 10.7. The van der Waals surface area contributed by atoms with Crippen LogP contribution < -0.4 is 10.2 Å². The van der Waals surface area contributed by atoms with Crippen LogP contribution in [0, 0.1) is 0 Å². The number of thiazole rings is 1. The SMILES string of the molecule is CC(=O)N1CCc2ccc(-c3csc(NC(=O)Cc4c[nH]c5ccccc45)n3)cc21. The molecule has 5 rings (SSSR count). The van der Waals surface area contributed by atoms with Gasteiger partial charge in [-0.1, -0.05) is 30.3 Å². The van der Waals surface area contributed by atoms with Crippen molar-refractivity contribution < 1.29 is 9.59 Å². The lowest BCUT2D eigenvalue weighted by Gasteiger charge is -2.15. The number of hydrogen-bond acceptors (Lipinski definition) is 4. The molecule has 6 nitrogen and oxygen atoms in total. The Labute approximate surface area is 177 Å². The van der Waals surface area contributed by atoms with Gasteiger partial charge in [-0.3, -0.25) is 9.59 Å². The molecule has 0 saturated carbocycles. The van der Waals surface area contributed by atoms with Gasteiger partial charge in [-0.2, -0.15) is 0 Å². The number of nitrogens with zero attached hydrogens (tertiary/aromatic N) is 2. The lowest BCUT2D eigenvalue weighted by molar-refractivity contribution is -0.117. The Hall–Kier alpha value is -3.45. The van der Waals surface area contributed by atoms with Gasteiger partial charge in [-0.05, 0) is 29.7 Å². The van der Waals surface area contributed by atoms with Crippen molar-refractivity contribution in [2.45, 2.75) is 19.8 Å². The molecule has 0 saturated heterocycles. The first-order valence-electron chi connectivity index (χ1n) is 9.80. The van der Waals surface area contributed by atoms with Crippen molar-refractivity contribution in [3.05, 3.63) is 65.2 Å². The molecule has 2 N–H and O–H groups in total. The number of nitrogens with one attached hydrogen (secondary N) is 2. The molecule has 3 heterocycles. The Balaban J connectivity index is 1.32. The van der Waals surface area contributed by atoms with E-state index >= 15 is 0 Å². The number of rotatable bonds is 4. The summed E-state index contributed by atoms with van der Waals surface area (Å²) >= 11 is 1.40. The predicted octanol–water partition coefficient (Wildman–Crippen LogP) is 4.38. The summed E-state index contributed by atoms with van der Waals surface area (Å²) in [5, 5.41) is 6.46. The van der Waals surface area contributed by atoms with Crippen LogP contribution in [-0.2, 0) is 22.4 Å². The standard InChI is InChI=1S/C23H20N4O2S/c1-14(28)27-9-8-15-6-7-16(10-21(15)27)20-13-30-23(25-20)26-22(29)11-17-12-24-19-5-3-2-4-18(17)19/h2-7,10,12-13,24H,8-9,11H2,1H3,(H,25,26,29). The van der Waals surface area contributed by atoms with Gasteiger partial charge in [0, 0.05) is 47.2 Å². The summed E-state index contributed by atoms with van der Waals surface area (Å²) in [6.45, 7) is 2.31. The van der Waals surface area contributed by atoms with E-state index in [1.807, 2.05) is 48.0 Å². The van der Waals surface area contributed by atoms with Gasteiger partial charge < -0.3 is 15.2 Å². The number of fused-ring (bicyclic) bond motifs is 2. The Morgan fingerprint density at radius 2 is 2.10 bits per heavy atom. The molecule has 0 unspecified atom stereocenters. The molecular weight excluding hydrogens is 396 g/mol. The van der Waals surface area contributed by atoms with E-state index in [1.54, 1.807) is 11.8 Å². The Morgan fingerprint density at radius 1 is 1.23 bits per heavy atom. The van der Waals surface area contributed by atoms with Crippen LogP contribution in [0.4, 0.5) is 10.8 Å². The third kappa shape index (κ3) is 3.37. The van der Waals surface area contributed by atoms with Gasteiger partial charge in [0.15, 0.2) is 5.13 Å². The van der Waals surface area contributed by atoms with Crippen LogP contribution >= 0.6 is 11.3 Å². The maximum Gasteiger partial charge on any atom is 0.230 e. The van der Waals surface area contributed by atoms with E-state index in [4.69, 9.17) is 0 Å². The highest BCUT2D eigenvalue weighted by molar-refractivity contribution is 7.14. The molecule has 150 valence electrons. The van der Waals surface area contributed by atoms with Gasteiger partial charge in [0.2, 0.25) is 11.8 Å². The molecule has 0 bridgehead atoms. The monoisotopic (exact) mass is 416 g/mol. The minimum atomic E-state index is -0.0997. The fraction of sp³-hybridized carbons (Fsp3) is 0.174. The number of benzene rings is 2. The van der Waals surface area contributed by atoms with E-state index in [1.165, 1.54) is 16.9 Å². The van der Waals surface area contributed by atoms with Crippen molar-refractivity contribution in [3.63, 3.8) is 0 Å². The maximum atomic E-state index is 12.5. The molecule has 30 heavy (non-hydrogen) atoms. The minimum absolute atomic E-state index is 0.0504. The molecule has 2 aromatic carbocycles. The summed E-state index contributed by atoms with van der Waals surface area (Å²) in [6, 6.07) is 14.0. The van der Waals surface area contributed by atoms with Crippen molar-refractivity contribution in [1.29, 1.82) is 0 Å². The molecule has 2 aromatic heterocycles. The molecule has 0 aliphatic carbocycles. The summed E-state index contributed by atoms with van der Waals surface area (Å²) in [7, 11) is 0. The smallest absolute Gasteiger partial charge is 0.230 e. The number of carbonyl (C=O) groups excluding carboxylic acids is 2. The molecule has 0 atom stereocenters. The number of para-hydroxylation sites is 1. The molecule has 1 aliphatic heterocycles. The number of amides is 2. The van der Waals surface area contributed by atoms with Crippen molar-refractivity contribution in [2.24, 2.45) is 0 Å². The molecule has 0 spiro atoms. The summed E-state index contributed by atoms with van der Waals surface area (Å²) in [5.41, 5.74) is 5.85. The van der Waals surface area contributed by atoms with Gasteiger partial charge in [-0.15, -0.1) is 11.3 Å². The van der Waals surface area contributed by atoms with Crippen molar-refractivity contribution >= 4 is 44.9 Å². The van der Waals surface area contributed by atoms with Crippen LogP contribution in [0.25, 0.3) is 22.2 Å². The Kier molecular flexibility index (Phi) is 4.59. The first-order chi connectivity index (χ1) is 14.6. The van der Waals surface area contributed by atoms with E-state index in [-0.39, 0.29) is 18.2 Å². The number of anilines is 2. The number of carbonyl (C=O) groups is 2. The van der Waals surface area contributed by atoms with Gasteiger partial charge in [-0.25, -0.2) is 4.98 Å². The normalized spacial score (nSPS) is 12.9. The molecule has 2 amide bonds. The van der Waals surface area contributed by atoms with Crippen LogP contribution in [0.2, 0.25) is 0 Å². The van der Waals surface area contributed by atoms with E-state index in [2.05, 4.69) is 21.4 Å². The number of hydrogen-bond donors (Lipinski definition) is 2. The molecule has 7 heteroatoms. The second kappa shape index (κ2) is 7.42. The summed E-state index contributed by atoms with van der Waals surface area (Å²) in [6.07, 6.45) is 3.04. The molecule has 1 aliphatic rings. The van der Waals surface area contributed by atoms with Crippen molar-refractivity contribution in [3.8, 4) is 11.3 Å². The zero-order valence-electron chi connectivity index (χ0n) is 16.4. The highest BCUT2D eigenvalue weighted by Crippen LogP contribution is 2.34. The number of aromatic nitrogens is 2. The fourth-order valence-corrected chi connectivity index (χ4v) is 4.68. The quantitative estimate of drug-likeness (QED) is 0.518. The maximum absolute atomic E-state index is 12.5. The highest BCUT2D eigenvalue weighted by Gasteiger charge is 2.23. The fourth-order valence-electron chi connectivity index (χ4n) is 3.94. The Bertz CT molecular complexity index is 1270. The number of H-pyrrole nitrogens is 1. The van der Waals surface area contributed by atoms with Gasteiger partial charge in [0.05, 0.1) is 12.1 Å². The molecule has 0 radical (unpaired) electrons. The van der Waals surface area contributed by atoms with E-state index < -0.39 is 0 Å². The summed E-state index contributed by atoms with van der Waals surface area (Å²) in [4.78, 5) is 34.0. The zero-order valence-corrected chi connectivity index (χ0v) is 17.3. The largest absolute Gasteiger partial charge is 0.361 e. The third-order valence-electron chi connectivity index (χ3n) is 5.43. The predicted molar refractivity (Wildman–Crippen MR) is 120 cm³/mol. The average molecular weight is 417 g/mol. The van der Waals surface area contributed by atoms with Crippen LogP contribution in [0.1, 0.15) is 18.1 Å². The average Bonchev–Trinajstić information content (AvgIpc) is 3.46. The second-order valence-corrected chi connectivity index (χ2v) is 8.24. The topological polar surface area (TPSA) is 78.1 Å². The van der Waals surface area contributed by atoms with Crippen LogP contribution in [0.15, 0.2) is 54.0 Å². The lowest BCUT2D eigenvalue weighted by atomic mass is 10.1. The van der Waals surface area contributed by atoms with Crippen LogP contribution in [0.3, 0.4) is 0 Å². The van der Waals surface area contributed by atoms with E-state index in [0.717, 1.165) is 46.4 Å². The second-order valence-electron chi connectivity index (χ2n) is 7.39. The first kappa shape index (κ1) is 18.6. The van der Waals surface area contributed by atoms with Crippen molar-refractivity contribution in [2.75, 3.05) is 16.8 Å². The highest BCUT2D eigenvalue weighted by atomic mass is 32.1. The summed E-state index contributed by atoms with van der Waals surface area (Å²) < 4.78 is 0. The molecular formula is C23H20N4O2S. The molecule has 4 aromatic rings. The van der Waals surface area contributed by atoms with Gasteiger partial charge in [0.1, 0.15) is 0 Å². The van der Waals surface area contributed by atoms with E-state index in [0.29, 0.717) is 5.13 Å². The van der Waals surface area contributed by atoms with Gasteiger partial charge >= 0.3 is 0 Å². The Morgan fingerprint density at radius 3 is 2.97 bits per heavy atom. The van der Waals surface area contributed by atoms with Crippen molar-refractivity contribution in [1.82, 2.24) is 9.97 Å². The van der Waals surface area contributed by atoms with E-state index in [9.17, 15) is 9.59 Å². The third-order valence-corrected chi connectivity index (χ3v) is 6.19.